The van der Waals surface area contributed by atoms with E-state index >= 15 is 0 Å². The van der Waals surface area contributed by atoms with Gasteiger partial charge in [0.25, 0.3) is 10.0 Å². The first-order valence-electron chi connectivity index (χ1n) is 6.46. The van der Waals surface area contributed by atoms with Crippen LogP contribution in [0.2, 0.25) is 10.0 Å². The van der Waals surface area contributed by atoms with Crippen molar-refractivity contribution >= 4 is 44.9 Å². The molecule has 0 saturated heterocycles. The Morgan fingerprint density at radius 1 is 1.13 bits per heavy atom. The smallest absolute Gasteiger partial charge is 0.326 e. The molecule has 0 fully saturated rings. The lowest BCUT2D eigenvalue weighted by molar-refractivity contribution is -0.138. The predicted molar refractivity (Wildman–Crippen MR) is 89.5 cm³/mol. The lowest BCUT2D eigenvalue weighted by Crippen LogP contribution is -2.36. The molecule has 0 N–H and O–H groups in total. The van der Waals surface area contributed by atoms with Crippen LogP contribution >= 0.6 is 23.2 Å². The fourth-order valence-corrected chi connectivity index (χ4v) is 4.03. The SMILES string of the molecule is COC(=O)CN(c1ccccc1)S(=O)(=O)c1cc(Cl)ccc1Cl. The summed E-state index contributed by atoms with van der Waals surface area (Å²) in [5.41, 5.74) is 0.314. The fraction of sp³-hybridized carbons (Fsp3) is 0.133. The minimum absolute atomic E-state index is 0.0141. The van der Waals surface area contributed by atoms with Gasteiger partial charge in [-0.2, -0.15) is 0 Å². The van der Waals surface area contributed by atoms with Crippen molar-refractivity contribution in [3.8, 4) is 0 Å². The highest BCUT2D eigenvalue weighted by molar-refractivity contribution is 7.93. The second-order valence-electron chi connectivity index (χ2n) is 4.50. The fourth-order valence-electron chi connectivity index (χ4n) is 1.88. The highest BCUT2D eigenvalue weighted by Crippen LogP contribution is 2.30. The van der Waals surface area contributed by atoms with Gasteiger partial charge in [0.05, 0.1) is 17.8 Å². The Morgan fingerprint density at radius 2 is 1.78 bits per heavy atom. The van der Waals surface area contributed by atoms with Gasteiger partial charge in [-0.3, -0.25) is 9.10 Å². The molecule has 122 valence electrons. The maximum atomic E-state index is 12.9. The van der Waals surface area contributed by atoms with Crippen LogP contribution in [0.5, 0.6) is 0 Å². The highest BCUT2D eigenvalue weighted by Gasteiger charge is 2.29. The topological polar surface area (TPSA) is 63.7 Å². The molecule has 5 nitrogen and oxygen atoms in total. The van der Waals surface area contributed by atoms with Gasteiger partial charge in [0.15, 0.2) is 0 Å². The number of benzene rings is 2. The highest BCUT2D eigenvalue weighted by atomic mass is 35.5. The second-order valence-corrected chi connectivity index (χ2v) is 7.17. The second kappa shape index (κ2) is 7.21. The maximum Gasteiger partial charge on any atom is 0.326 e. The Labute approximate surface area is 144 Å². The lowest BCUT2D eigenvalue weighted by atomic mass is 10.3. The van der Waals surface area contributed by atoms with Crippen molar-refractivity contribution in [1.82, 2.24) is 0 Å². The average molecular weight is 374 g/mol. The van der Waals surface area contributed by atoms with Crippen molar-refractivity contribution in [2.24, 2.45) is 0 Å². The van der Waals surface area contributed by atoms with Gasteiger partial charge in [0.2, 0.25) is 0 Å². The molecule has 2 aromatic rings. The molecule has 2 aromatic carbocycles. The molecule has 8 heteroatoms. The van der Waals surface area contributed by atoms with E-state index in [-0.39, 0.29) is 14.9 Å². The molecule has 0 amide bonds. The first-order valence-corrected chi connectivity index (χ1v) is 8.65. The number of hydrogen-bond donors (Lipinski definition) is 0. The number of methoxy groups -OCH3 is 1. The first kappa shape index (κ1) is 17.6. The Kier molecular flexibility index (Phi) is 5.51. The van der Waals surface area contributed by atoms with Gasteiger partial charge in [-0.1, -0.05) is 41.4 Å². The third-order valence-electron chi connectivity index (χ3n) is 3.01. The van der Waals surface area contributed by atoms with Crippen LogP contribution < -0.4 is 4.31 Å². The summed E-state index contributed by atoms with van der Waals surface area (Å²) in [6.07, 6.45) is 0. The van der Waals surface area contributed by atoms with Gasteiger partial charge < -0.3 is 4.74 Å². The number of carbonyl (C=O) groups is 1. The summed E-state index contributed by atoms with van der Waals surface area (Å²) in [5, 5.41) is 0.235. The van der Waals surface area contributed by atoms with E-state index in [2.05, 4.69) is 4.74 Å². The van der Waals surface area contributed by atoms with Gasteiger partial charge in [0.1, 0.15) is 11.4 Å². The summed E-state index contributed by atoms with van der Waals surface area (Å²) in [5.74, 6) is -0.699. The van der Waals surface area contributed by atoms with Crippen molar-refractivity contribution in [1.29, 1.82) is 0 Å². The van der Waals surface area contributed by atoms with Gasteiger partial charge in [-0.15, -0.1) is 0 Å². The minimum atomic E-state index is -4.10. The zero-order valence-electron chi connectivity index (χ0n) is 12.1. The molecule has 23 heavy (non-hydrogen) atoms. The van der Waals surface area contributed by atoms with E-state index in [4.69, 9.17) is 23.2 Å². The third-order valence-corrected chi connectivity index (χ3v) is 5.50. The van der Waals surface area contributed by atoms with Crippen molar-refractivity contribution in [3.63, 3.8) is 0 Å². The number of hydrogen-bond acceptors (Lipinski definition) is 4. The van der Waals surface area contributed by atoms with Gasteiger partial charge in [0, 0.05) is 5.02 Å². The average Bonchev–Trinajstić information content (AvgIpc) is 2.55. The number of para-hydroxylation sites is 1. The number of nitrogens with zero attached hydrogens (tertiary/aromatic N) is 1. The van der Waals surface area contributed by atoms with Crippen LogP contribution in [-0.2, 0) is 19.6 Å². The zero-order chi connectivity index (χ0) is 17.0. The molecule has 0 heterocycles. The summed E-state index contributed by atoms with van der Waals surface area (Å²) in [6, 6.07) is 12.3. The number of carbonyl (C=O) groups excluding carboxylic acids is 1. The van der Waals surface area contributed by atoms with Crippen molar-refractivity contribution in [2.45, 2.75) is 4.90 Å². The number of esters is 1. The van der Waals surface area contributed by atoms with Crippen LogP contribution in [0.4, 0.5) is 5.69 Å². The Morgan fingerprint density at radius 3 is 2.39 bits per heavy atom. The Hall–Kier alpha value is -1.76. The molecule has 0 aliphatic heterocycles. The summed E-state index contributed by atoms with van der Waals surface area (Å²) < 4.78 is 31.4. The molecule has 0 saturated carbocycles. The molecule has 2 rings (SSSR count). The van der Waals surface area contributed by atoms with Crippen LogP contribution in [0.15, 0.2) is 53.4 Å². The molecule has 0 spiro atoms. The molecule has 0 aliphatic rings. The summed E-state index contributed by atoms with van der Waals surface area (Å²) >= 11 is 11.9. The van der Waals surface area contributed by atoms with Crippen LogP contribution in [0, 0.1) is 0 Å². The Balaban J connectivity index is 2.57. The normalized spacial score (nSPS) is 11.1. The standard InChI is InChI=1S/C15H13Cl2NO4S/c1-22-15(19)10-18(12-5-3-2-4-6-12)23(20,21)14-9-11(16)7-8-13(14)17/h2-9H,10H2,1H3. The summed E-state index contributed by atoms with van der Waals surface area (Å²) in [7, 11) is -2.91. The predicted octanol–water partition coefficient (Wildman–Crippen LogP) is 3.36. The first-order chi connectivity index (χ1) is 10.9. The quantitative estimate of drug-likeness (QED) is 0.753. The number of halogens is 2. The number of anilines is 1. The van der Waals surface area contributed by atoms with Crippen molar-refractivity contribution in [3.05, 3.63) is 58.6 Å². The molecule has 0 atom stereocenters. The van der Waals surface area contributed by atoms with Gasteiger partial charge in [-0.05, 0) is 30.3 Å². The summed E-state index contributed by atoms with van der Waals surface area (Å²) in [4.78, 5) is 11.5. The molecular weight excluding hydrogens is 361 g/mol. The number of rotatable bonds is 5. The molecule has 0 radical (unpaired) electrons. The van der Waals surface area contributed by atoms with E-state index in [9.17, 15) is 13.2 Å². The van der Waals surface area contributed by atoms with Gasteiger partial charge >= 0.3 is 5.97 Å². The number of ether oxygens (including phenoxy) is 1. The van der Waals surface area contributed by atoms with Crippen LogP contribution in [0.25, 0.3) is 0 Å². The molecule has 0 aromatic heterocycles. The van der Waals surface area contributed by atoms with E-state index in [0.717, 1.165) is 4.31 Å². The Bertz CT molecular complexity index is 809. The molecule has 0 aliphatic carbocycles. The van der Waals surface area contributed by atoms with Crippen LogP contribution in [0.1, 0.15) is 0 Å². The van der Waals surface area contributed by atoms with Crippen molar-refractivity contribution < 1.29 is 17.9 Å². The lowest BCUT2D eigenvalue weighted by Gasteiger charge is -2.23. The van der Waals surface area contributed by atoms with E-state index in [0.29, 0.717) is 5.69 Å². The number of sulfonamides is 1. The maximum absolute atomic E-state index is 12.9. The molecule has 0 unspecified atom stereocenters. The van der Waals surface area contributed by atoms with Crippen molar-refractivity contribution in [2.75, 3.05) is 18.0 Å². The minimum Gasteiger partial charge on any atom is -0.468 e. The monoisotopic (exact) mass is 373 g/mol. The van der Waals surface area contributed by atoms with Crippen LogP contribution in [0.3, 0.4) is 0 Å². The summed E-state index contributed by atoms with van der Waals surface area (Å²) in [6.45, 7) is -0.480. The zero-order valence-corrected chi connectivity index (χ0v) is 14.4. The molecular formula is C15H13Cl2NO4S. The van der Waals surface area contributed by atoms with Crippen LogP contribution in [-0.4, -0.2) is 28.0 Å². The van der Waals surface area contributed by atoms with E-state index < -0.39 is 22.5 Å². The molecule has 0 bridgehead atoms. The van der Waals surface area contributed by atoms with Gasteiger partial charge in [-0.25, -0.2) is 8.42 Å². The van der Waals surface area contributed by atoms with E-state index in [1.54, 1.807) is 30.3 Å². The third kappa shape index (κ3) is 3.96. The van der Waals surface area contributed by atoms with E-state index in [1.807, 2.05) is 0 Å². The van der Waals surface area contributed by atoms with E-state index in [1.165, 1.54) is 25.3 Å². The largest absolute Gasteiger partial charge is 0.468 e.